The Bertz CT molecular complexity index is 287. The molecule has 1 fully saturated rings. The molecule has 0 heterocycles. The molecule has 0 spiro atoms. The maximum Gasteiger partial charge on any atom is 1.00 e. The van der Waals surface area contributed by atoms with Gasteiger partial charge in [0.1, 0.15) is 6.10 Å². The van der Waals surface area contributed by atoms with Crippen LogP contribution in [0.4, 0.5) is 0 Å². The first-order valence-corrected chi connectivity index (χ1v) is 6.39. The van der Waals surface area contributed by atoms with Crippen LogP contribution in [0.25, 0.3) is 0 Å². The Morgan fingerprint density at radius 3 is 2.11 bits per heavy atom. The first kappa shape index (κ1) is 23.5. The zero-order valence-corrected chi connectivity index (χ0v) is 17.9. The van der Waals surface area contributed by atoms with Gasteiger partial charge in [-0.3, -0.25) is 0 Å². The normalized spacial score (nSPS) is 36.4. The van der Waals surface area contributed by atoms with E-state index in [1.807, 2.05) is 0 Å². The van der Waals surface area contributed by atoms with Gasteiger partial charge >= 0.3 is 103 Å². The molecule has 0 aromatic rings. The van der Waals surface area contributed by atoms with E-state index in [2.05, 4.69) is 4.52 Å². The van der Waals surface area contributed by atoms with E-state index in [0.29, 0.717) is 0 Å². The Balaban J connectivity index is 0. The van der Waals surface area contributed by atoms with Crippen molar-refractivity contribution < 1.29 is 137 Å². The monoisotopic (exact) mass is 332 g/mol. The summed E-state index contributed by atoms with van der Waals surface area (Å²) in [7, 11) is -5.07. The number of hydrogen-bond donors (Lipinski definition) is 3. The largest absolute Gasteiger partial charge is 1.00 e. The number of phosphoric acid groups is 1. The number of hydrogen-bond acceptors (Lipinski definition) is 7. The molecular weight excluding hydrogens is 317 g/mol. The van der Waals surface area contributed by atoms with E-state index in [9.17, 15) is 29.7 Å². The van der Waals surface area contributed by atoms with E-state index in [-0.39, 0.29) is 115 Å². The van der Waals surface area contributed by atoms with Gasteiger partial charge in [-0.05, 0) is 12.3 Å². The molecule has 1 aliphatic carbocycles. The van der Waals surface area contributed by atoms with Crippen molar-refractivity contribution in [1.29, 1.82) is 0 Å². The summed E-state index contributed by atoms with van der Waals surface area (Å²) in [6.45, 7) is 1.18. The van der Waals surface area contributed by atoms with E-state index in [1.54, 1.807) is 6.92 Å². The topological polar surface area (TPSA) is 133 Å². The van der Waals surface area contributed by atoms with Gasteiger partial charge < -0.3 is 34.2 Å². The average molecular weight is 332 g/mol. The number of rotatable bonds is 3. The second-order valence-electron chi connectivity index (χ2n) is 4.19. The molecule has 1 aliphatic rings. The number of aliphatic hydroxyl groups is 3. The third-order valence-electron chi connectivity index (χ3n) is 2.89. The fourth-order valence-electron chi connectivity index (χ4n) is 1.93. The van der Waals surface area contributed by atoms with Crippen molar-refractivity contribution in [2.24, 2.45) is 11.8 Å². The molecule has 1 rings (SSSR count). The van der Waals surface area contributed by atoms with Gasteiger partial charge in [-0.2, -0.15) is 0 Å². The molecule has 1 saturated carbocycles. The summed E-state index contributed by atoms with van der Waals surface area (Å²) in [5.74, 6) is -0.977. The maximum absolute atomic E-state index is 10.3. The summed E-state index contributed by atoms with van der Waals surface area (Å²) in [5, 5.41) is 28.4. The molecule has 0 bridgehead atoms. The molecule has 18 heavy (non-hydrogen) atoms. The van der Waals surface area contributed by atoms with Crippen LogP contribution in [0.1, 0.15) is 13.3 Å². The first-order valence-electron chi connectivity index (χ1n) is 4.93. The van der Waals surface area contributed by atoms with Crippen LogP contribution in [0.5, 0.6) is 0 Å². The molecule has 0 amide bonds. The summed E-state index contributed by atoms with van der Waals surface area (Å²) in [6, 6.07) is 0. The van der Waals surface area contributed by atoms with Gasteiger partial charge in [0.05, 0.1) is 26.6 Å². The summed E-state index contributed by atoms with van der Waals surface area (Å²) >= 11 is 0. The third-order valence-corrected chi connectivity index (χ3v) is 3.35. The maximum atomic E-state index is 10.3. The van der Waals surface area contributed by atoms with Gasteiger partial charge in [0.2, 0.25) is 0 Å². The Hall–Kier alpha value is 3.26. The second kappa shape index (κ2) is 10.1. The molecule has 5 atom stereocenters. The molecule has 0 aliphatic heterocycles. The van der Waals surface area contributed by atoms with Crippen LogP contribution in [0.3, 0.4) is 0 Å². The van der Waals surface area contributed by atoms with Gasteiger partial charge in [-0.15, -0.1) is 0 Å². The van der Waals surface area contributed by atoms with Crippen LogP contribution >= 0.6 is 7.82 Å². The van der Waals surface area contributed by atoms with Crippen molar-refractivity contribution in [3.8, 4) is 0 Å². The fraction of sp³-hybridized carbons (Fsp3) is 1.00. The fourth-order valence-corrected chi connectivity index (χ4v) is 2.30. The minimum atomic E-state index is -5.07. The van der Waals surface area contributed by atoms with Gasteiger partial charge in [-0.1, -0.05) is 6.92 Å². The minimum absolute atomic E-state index is 0. The van der Waals surface area contributed by atoms with E-state index in [0.717, 1.165) is 0 Å². The van der Waals surface area contributed by atoms with Crippen LogP contribution in [0.15, 0.2) is 0 Å². The quantitative estimate of drug-likeness (QED) is 0.345. The molecule has 0 radical (unpaired) electrons. The van der Waals surface area contributed by atoms with E-state index in [4.69, 9.17) is 0 Å². The van der Waals surface area contributed by atoms with Crippen molar-refractivity contribution in [2.45, 2.75) is 31.7 Å². The summed E-state index contributed by atoms with van der Waals surface area (Å²) in [6.07, 6.45) is -3.43. The van der Waals surface area contributed by atoms with Crippen molar-refractivity contribution in [3.63, 3.8) is 0 Å². The second-order valence-corrected chi connectivity index (χ2v) is 5.34. The Morgan fingerprint density at radius 2 is 1.67 bits per heavy atom. The van der Waals surface area contributed by atoms with Gasteiger partial charge in [-0.25, -0.2) is 0 Å². The number of phosphoric ester groups is 1. The smallest absolute Gasteiger partial charge is 0.790 e. The molecule has 3 N–H and O–H groups in total. The Labute approximate surface area is 191 Å². The summed E-state index contributed by atoms with van der Waals surface area (Å²) in [4.78, 5) is 20.5. The predicted octanol–water partition coefficient (Wildman–Crippen LogP) is -8.42. The van der Waals surface area contributed by atoms with E-state index in [1.165, 1.54) is 0 Å². The molecule has 0 aromatic carbocycles. The first-order chi connectivity index (χ1) is 7.22. The van der Waals surface area contributed by atoms with Crippen molar-refractivity contribution in [2.75, 3.05) is 6.61 Å². The van der Waals surface area contributed by atoms with Crippen molar-refractivity contribution in [1.82, 2.24) is 0 Å². The number of aliphatic hydroxyl groups excluding tert-OH is 3. The van der Waals surface area contributed by atoms with Gasteiger partial charge in [0.15, 0.2) is 0 Å². The van der Waals surface area contributed by atoms with Gasteiger partial charge in [0, 0.05) is 5.92 Å². The zero-order chi connectivity index (χ0) is 12.5. The van der Waals surface area contributed by atoms with Crippen molar-refractivity contribution >= 4 is 7.82 Å². The van der Waals surface area contributed by atoms with Gasteiger partial charge in [0.25, 0.3) is 0 Å². The van der Waals surface area contributed by atoms with Crippen LogP contribution in [-0.4, -0.2) is 40.2 Å². The van der Waals surface area contributed by atoms with E-state index < -0.39 is 38.7 Å². The Kier molecular flexibility index (Phi) is 13.2. The standard InChI is InChI=1S/C8H17O7P.2K/c1-4-2-5(3-15-16(12,13)14)7(10)8(11)6(4)9;;/h4-11H,2-3H2,1H3,(H2,12,13,14);;/q;2*+1/p-2/t4-,5?,6-,7-,8?;;/m1../s1. The molecule has 0 saturated heterocycles. The van der Waals surface area contributed by atoms with Crippen molar-refractivity contribution in [3.05, 3.63) is 0 Å². The van der Waals surface area contributed by atoms with Crippen LogP contribution < -0.4 is 113 Å². The third kappa shape index (κ3) is 7.50. The van der Waals surface area contributed by atoms with Crippen LogP contribution in [0.2, 0.25) is 0 Å². The molecule has 2 unspecified atom stereocenters. The minimum Gasteiger partial charge on any atom is -0.790 e. The molecule has 7 nitrogen and oxygen atoms in total. The summed E-state index contributed by atoms with van der Waals surface area (Å²) < 4.78 is 14.3. The molecular formula is C8H15K2O7P. The summed E-state index contributed by atoms with van der Waals surface area (Å²) in [5.41, 5.74) is 0. The predicted molar refractivity (Wildman–Crippen MR) is 48.8 cm³/mol. The van der Waals surface area contributed by atoms with Crippen LogP contribution in [-0.2, 0) is 9.09 Å². The van der Waals surface area contributed by atoms with E-state index >= 15 is 0 Å². The van der Waals surface area contributed by atoms with Crippen LogP contribution in [0, 0.1) is 11.8 Å². The molecule has 96 valence electrons. The SMILES string of the molecule is C[C@@H]1CC(COP(=O)([O-])[O-])[C@@H](O)C(O)[C@@H]1O.[K+].[K+]. The molecule has 0 aromatic heterocycles. The molecule has 10 heteroatoms. The zero-order valence-electron chi connectivity index (χ0n) is 10.7. The Morgan fingerprint density at radius 1 is 1.17 bits per heavy atom. The average Bonchev–Trinajstić information content (AvgIpc) is 2.17.